The van der Waals surface area contributed by atoms with Crippen molar-refractivity contribution in [1.82, 2.24) is 5.32 Å². The Morgan fingerprint density at radius 3 is 2.33 bits per heavy atom. The number of fused-ring (bicyclic) bond motifs is 1. The molecule has 1 amide bonds. The van der Waals surface area contributed by atoms with E-state index in [2.05, 4.69) is 11.4 Å². The van der Waals surface area contributed by atoms with Gasteiger partial charge in [-0.2, -0.15) is 0 Å². The van der Waals surface area contributed by atoms with Crippen LogP contribution in [0, 0.1) is 11.6 Å². The molecule has 1 aliphatic rings. The van der Waals surface area contributed by atoms with Crippen LogP contribution in [0.15, 0.2) is 72.8 Å². The van der Waals surface area contributed by atoms with Crippen LogP contribution < -0.4 is 5.32 Å². The predicted octanol–water partition coefficient (Wildman–Crippen LogP) is 5.01. The van der Waals surface area contributed by atoms with Crippen molar-refractivity contribution >= 4 is 5.91 Å². The molecule has 1 N–H and O–H groups in total. The predicted molar refractivity (Wildman–Crippen MR) is 101 cm³/mol. The summed E-state index contributed by atoms with van der Waals surface area (Å²) in [4.78, 5) is 12.3. The monoisotopic (exact) mass is 363 g/mol. The molecule has 4 heteroatoms. The summed E-state index contributed by atoms with van der Waals surface area (Å²) >= 11 is 0. The number of halogens is 2. The van der Waals surface area contributed by atoms with Crippen molar-refractivity contribution in [3.05, 3.63) is 107 Å². The number of nitrogens with one attached hydrogen (secondary N) is 1. The van der Waals surface area contributed by atoms with Gasteiger partial charge < -0.3 is 5.32 Å². The van der Waals surface area contributed by atoms with Crippen molar-refractivity contribution < 1.29 is 13.6 Å². The summed E-state index contributed by atoms with van der Waals surface area (Å²) in [6.45, 7) is 0.505. The molecular weight excluding hydrogens is 344 g/mol. The highest BCUT2D eigenvalue weighted by Gasteiger charge is 2.32. The number of carbonyl (C=O) groups excluding carboxylic acids is 1. The van der Waals surface area contributed by atoms with Crippen molar-refractivity contribution in [2.75, 3.05) is 6.54 Å². The summed E-state index contributed by atoms with van der Waals surface area (Å²) in [6.07, 6.45) is 0.749. The number of hydrogen-bond donors (Lipinski definition) is 1. The highest BCUT2D eigenvalue weighted by Crippen LogP contribution is 2.45. The number of benzene rings is 3. The van der Waals surface area contributed by atoms with Gasteiger partial charge >= 0.3 is 0 Å². The number of rotatable bonds is 4. The third-order valence-electron chi connectivity index (χ3n) is 5.22. The van der Waals surface area contributed by atoms with Gasteiger partial charge in [0.05, 0.1) is 0 Å². The molecule has 4 rings (SSSR count). The van der Waals surface area contributed by atoms with Gasteiger partial charge in [-0.25, -0.2) is 8.78 Å². The smallest absolute Gasteiger partial charge is 0.251 e. The van der Waals surface area contributed by atoms with Crippen LogP contribution in [0.2, 0.25) is 0 Å². The molecule has 1 aliphatic carbocycles. The van der Waals surface area contributed by atoms with E-state index < -0.39 is 11.6 Å². The fourth-order valence-corrected chi connectivity index (χ4v) is 3.88. The van der Waals surface area contributed by atoms with Crippen LogP contribution in [0.25, 0.3) is 0 Å². The molecule has 136 valence electrons. The maximum atomic E-state index is 13.7. The zero-order chi connectivity index (χ0) is 18.8. The van der Waals surface area contributed by atoms with Gasteiger partial charge in [0.1, 0.15) is 0 Å². The van der Waals surface area contributed by atoms with Gasteiger partial charge in [-0.05, 0) is 47.4 Å². The molecule has 0 unspecified atom stereocenters. The molecule has 0 spiro atoms. The summed E-state index contributed by atoms with van der Waals surface area (Å²) in [6, 6.07) is 21.2. The van der Waals surface area contributed by atoms with Gasteiger partial charge in [0, 0.05) is 23.9 Å². The van der Waals surface area contributed by atoms with Crippen LogP contribution in [0.3, 0.4) is 0 Å². The first-order valence-electron chi connectivity index (χ1n) is 9.00. The number of carbonyl (C=O) groups is 1. The van der Waals surface area contributed by atoms with Crippen molar-refractivity contribution in [2.24, 2.45) is 0 Å². The van der Waals surface area contributed by atoms with Gasteiger partial charge in [-0.3, -0.25) is 4.79 Å². The lowest BCUT2D eigenvalue weighted by Gasteiger charge is -2.14. The number of amides is 1. The fourth-order valence-electron chi connectivity index (χ4n) is 3.88. The van der Waals surface area contributed by atoms with E-state index in [0.29, 0.717) is 12.1 Å². The Morgan fingerprint density at radius 1 is 0.889 bits per heavy atom. The molecule has 0 bridgehead atoms. The first-order chi connectivity index (χ1) is 13.1. The highest BCUT2D eigenvalue weighted by atomic mass is 19.2. The second-order valence-corrected chi connectivity index (χ2v) is 6.86. The SMILES string of the molecule is O=C(NC[C@H]1C[C@@H](c2ccc(F)c(F)c2)c2ccccc21)c1ccccc1. The molecule has 0 fully saturated rings. The Labute approximate surface area is 156 Å². The molecule has 0 aliphatic heterocycles. The lowest BCUT2D eigenvalue weighted by molar-refractivity contribution is 0.0951. The zero-order valence-corrected chi connectivity index (χ0v) is 14.7. The average molecular weight is 363 g/mol. The maximum Gasteiger partial charge on any atom is 0.251 e. The van der Waals surface area contributed by atoms with E-state index in [1.54, 1.807) is 18.2 Å². The van der Waals surface area contributed by atoms with Crippen molar-refractivity contribution in [3.63, 3.8) is 0 Å². The topological polar surface area (TPSA) is 29.1 Å². The molecular formula is C23H19F2NO. The minimum absolute atomic E-state index is 0.00470. The molecule has 2 atom stereocenters. The molecule has 0 saturated carbocycles. The molecule has 0 radical (unpaired) electrons. The highest BCUT2D eigenvalue weighted by molar-refractivity contribution is 5.94. The van der Waals surface area contributed by atoms with E-state index in [1.165, 1.54) is 12.1 Å². The lowest BCUT2D eigenvalue weighted by Crippen LogP contribution is -2.27. The molecule has 0 saturated heterocycles. The Kier molecular flexibility index (Phi) is 4.71. The fraction of sp³-hybridized carbons (Fsp3) is 0.174. The van der Waals surface area contributed by atoms with Gasteiger partial charge in [-0.15, -0.1) is 0 Å². The molecule has 0 heterocycles. The van der Waals surface area contributed by atoms with Crippen molar-refractivity contribution in [1.29, 1.82) is 0 Å². The van der Waals surface area contributed by atoms with Crippen LogP contribution in [0.5, 0.6) is 0 Å². The molecule has 3 aromatic carbocycles. The van der Waals surface area contributed by atoms with Crippen molar-refractivity contribution in [2.45, 2.75) is 18.3 Å². The number of hydrogen-bond acceptors (Lipinski definition) is 1. The van der Waals surface area contributed by atoms with E-state index in [1.807, 2.05) is 36.4 Å². The minimum atomic E-state index is -0.836. The Hall–Kier alpha value is -3.01. The first kappa shape index (κ1) is 17.4. The van der Waals surface area contributed by atoms with Crippen LogP contribution in [-0.4, -0.2) is 12.5 Å². The van der Waals surface area contributed by atoms with Crippen LogP contribution in [0.1, 0.15) is 45.3 Å². The van der Waals surface area contributed by atoms with E-state index >= 15 is 0 Å². The molecule has 3 aromatic rings. The Morgan fingerprint density at radius 2 is 1.59 bits per heavy atom. The molecule has 27 heavy (non-hydrogen) atoms. The summed E-state index contributed by atoms with van der Waals surface area (Å²) < 4.78 is 27.0. The van der Waals surface area contributed by atoms with E-state index in [9.17, 15) is 13.6 Å². The summed E-state index contributed by atoms with van der Waals surface area (Å²) in [5, 5.41) is 3.00. The van der Waals surface area contributed by atoms with E-state index in [-0.39, 0.29) is 17.7 Å². The van der Waals surface area contributed by atoms with Gasteiger partial charge in [0.2, 0.25) is 0 Å². The van der Waals surface area contributed by atoms with Crippen LogP contribution in [0.4, 0.5) is 8.78 Å². The maximum absolute atomic E-state index is 13.7. The normalized spacial score (nSPS) is 18.1. The van der Waals surface area contributed by atoms with Gasteiger partial charge in [-0.1, -0.05) is 48.5 Å². The quantitative estimate of drug-likeness (QED) is 0.693. The van der Waals surface area contributed by atoms with Crippen LogP contribution >= 0.6 is 0 Å². The lowest BCUT2D eigenvalue weighted by atomic mass is 9.92. The first-order valence-corrected chi connectivity index (χ1v) is 9.00. The largest absolute Gasteiger partial charge is 0.351 e. The third kappa shape index (κ3) is 3.47. The second-order valence-electron chi connectivity index (χ2n) is 6.86. The summed E-state index contributed by atoms with van der Waals surface area (Å²) in [7, 11) is 0. The average Bonchev–Trinajstić information content (AvgIpc) is 3.08. The van der Waals surface area contributed by atoms with Crippen molar-refractivity contribution in [3.8, 4) is 0 Å². The second kappa shape index (κ2) is 7.31. The standard InChI is InChI=1S/C23H19F2NO/c24-21-11-10-16(13-22(21)25)20-12-17(18-8-4-5-9-19(18)20)14-26-23(27)15-6-2-1-3-7-15/h1-11,13,17,20H,12,14H2,(H,26,27)/t17-,20+/m1/s1. The molecule has 0 aromatic heterocycles. The van der Waals surface area contributed by atoms with Gasteiger partial charge in [0.25, 0.3) is 5.91 Å². The van der Waals surface area contributed by atoms with E-state index in [0.717, 1.165) is 23.1 Å². The summed E-state index contributed by atoms with van der Waals surface area (Å²) in [5.74, 6) is -1.64. The zero-order valence-electron chi connectivity index (χ0n) is 14.7. The minimum Gasteiger partial charge on any atom is -0.351 e. The Bertz CT molecular complexity index is 971. The summed E-state index contributed by atoms with van der Waals surface area (Å²) in [5.41, 5.74) is 3.65. The van der Waals surface area contributed by atoms with Gasteiger partial charge in [0.15, 0.2) is 11.6 Å². The Balaban J connectivity index is 1.55. The van der Waals surface area contributed by atoms with E-state index in [4.69, 9.17) is 0 Å². The third-order valence-corrected chi connectivity index (χ3v) is 5.22. The van der Waals surface area contributed by atoms with Crippen LogP contribution in [-0.2, 0) is 0 Å². The molecule has 2 nitrogen and oxygen atoms in total.